The molecule has 0 amide bonds. The van der Waals surface area contributed by atoms with E-state index in [1.165, 1.54) is 6.07 Å². The van der Waals surface area contributed by atoms with Crippen LogP contribution in [0.15, 0.2) is 24.3 Å². The average molecular weight is 198 g/mol. The fraction of sp³-hybridized carbons (Fsp3) is 0.500. The summed E-state index contributed by atoms with van der Waals surface area (Å²) in [6.07, 6.45) is 0. The molecule has 0 nitrogen and oxygen atoms in total. The maximum Gasteiger partial charge on any atom is 0.270 e. The summed E-state index contributed by atoms with van der Waals surface area (Å²) in [7, 11) is 0. The summed E-state index contributed by atoms with van der Waals surface area (Å²) in [5, 5.41) is 0. The van der Waals surface area contributed by atoms with Crippen LogP contribution in [0.4, 0.5) is 8.78 Å². The molecule has 0 bridgehead atoms. The smallest absolute Gasteiger partial charge is 0.202 e. The van der Waals surface area contributed by atoms with Crippen LogP contribution in [0.25, 0.3) is 0 Å². The molecular formula is C12H16F2. The lowest BCUT2D eigenvalue weighted by atomic mass is 9.82. The van der Waals surface area contributed by atoms with Gasteiger partial charge in [0, 0.05) is 12.5 Å². The van der Waals surface area contributed by atoms with Gasteiger partial charge in [0.1, 0.15) is 0 Å². The van der Waals surface area contributed by atoms with Gasteiger partial charge < -0.3 is 0 Å². The van der Waals surface area contributed by atoms with Gasteiger partial charge in [-0.3, -0.25) is 0 Å². The fourth-order valence-corrected chi connectivity index (χ4v) is 1.52. The Morgan fingerprint density at radius 2 is 1.29 bits per heavy atom. The Labute approximate surface area is 84.0 Å². The van der Waals surface area contributed by atoms with Crippen LogP contribution in [-0.4, -0.2) is 0 Å². The molecule has 14 heavy (non-hydrogen) atoms. The van der Waals surface area contributed by atoms with Crippen molar-refractivity contribution >= 4 is 0 Å². The summed E-state index contributed by atoms with van der Waals surface area (Å²) in [6.45, 7) is 6.77. The molecule has 0 atom stereocenters. The summed E-state index contributed by atoms with van der Waals surface area (Å²) in [6, 6.07) is 6.73. The molecule has 1 aromatic carbocycles. The first-order valence-electron chi connectivity index (χ1n) is 4.71. The van der Waals surface area contributed by atoms with E-state index in [9.17, 15) is 8.78 Å². The Balaban J connectivity index is 3.31. The van der Waals surface area contributed by atoms with Crippen LogP contribution in [-0.2, 0) is 11.3 Å². The third-order valence-electron chi connectivity index (χ3n) is 2.21. The molecule has 0 aliphatic rings. The van der Waals surface area contributed by atoms with Crippen LogP contribution in [0.1, 0.15) is 38.8 Å². The molecule has 0 aliphatic carbocycles. The van der Waals surface area contributed by atoms with Gasteiger partial charge in [0.05, 0.1) is 0 Å². The molecule has 0 N–H and O–H groups in total. The molecule has 0 unspecified atom stereocenters. The highest BCUT2D eigenvalue weighted by Gasteiger charge is 2.30. The van der Waals surface area contributed by atoms with Crippen molar-refractivity contribution in [2.24, 2.45) is 0 Å². The lowest BCUT2D eigenvalue weighted by Crippen LogP contribution is -2.19. The number of halogens is 2. The summed E-state index contributed by atoms with van der Waals surface area (Å²) < 4.78 is 26.5. The van der Waals surface area contributed by atoms with E-state index < -0.39 is 5.92 Å². The summed E-state index contributed by atoms with van der Waals surface area (Å²) in [5.41, 5.74) is 0.607. The highest BCUT2D eigenvalue weighted by Crippen LogP contribution is 2.35. The van der Waals surface area contributed by atoms with E-state index in [0.717, 1.165) is 6.92 Å². The zero-order chi connectivity index (χ0) is 11.0. The van der Waals surface area contributed by atoms with Gasteiger partial charge in [0.2, 0.25) is 0 Å². The molecule has 0 saturated carbocycles. The third kappa shape index (κ3) is 2.31. The molecule has 0 aliphatic heterocycles. The van der Waals surface area contributed by atoms with Crippen LogP contribution in [0.2, 0.25) is 0 Å². The second-order valence-corrected chi connectivity index (χ2v) is 4.68. The van der Waals surface area contributed by atoms with E-state index in [1.807, 2.05) is 20.8 Å². The standard InChI is InChI=1S/C12H16F2/c1-11(2,3)9-7-5-6-8-10(9)12(4,13)14/h5-8H,1-4H3. The Morgan fingerprint density at radius 1 is 0.857 bits per heavy atom. The van der Waals surface area contributed by atoms with Gasteiger partial charge in [-0.05, 0) is 11.0 Å². The molecule has 0 fully saturated rings. The molecule has 0 aromatic heterocycles. The van der Waals surface area contributed by atoms with Crippen molar-refractivity contribution in [2.45, 2.75) is 39.0 Å². The lowest BCUT2D eigenvalue weighted by molar-refractivity contribution is 0.0156. The van der Waals surface area contributed by atoms with Gasteiger partial charge in [0.25, 0.3) is 5.92 Å². The third-order valence-corrected chi connectivity index (χ3v) is 2.21. The first-order chi connectivity index (χ1) is 6.23. The van der Waals surface area contributed by atoms with Crippen molar-refractivity contribution in [2.75, 3.05) is 0 Å². The first-order valence-corrected chi connectivity index (χ1v) is 4.71. The Kier molecular flexibility index (Phi) is 2.66. The highest BCUT2D eigenvalue weighted by atomic mass is 19.3. The summed E-state index contributed by atoms with van der Waals surface area (Å²) in [4.78, 5) is 0. The van der Waals surface area contributed by atoms with E-state index >= 15 is 0 Å². The molecular weight excluding hydrogens is 182 g/mol. The first kappa shape index (κ1) is 11.2. The number of hydrogen-bond donors (Lipinski definition) is 0. The van der Waals surface area contributed by atoms with E-state index in [2.05, 4.69) is 0 Å². The second-order valence-electron chi connectivity index (χ2n) is 4.68. The maximum absolute atomic E-state index is 13.2. The SMILES string of the molecule is CC(C)(C)c1ccccc1C(C)(F)F. The normalized spacial score (nSPS) is 13.0. The maximum atomic E-state index is 13.2. The van der Waals surface area contributed by atoms with Crippen LogP contribution in [0, 0.1) is 0 Å². The van der Waals surface area contributed by atoms with Gasteiger partial charge in [0.15, 0.2) is 0 Å². The van der Waals surface area contributed by atoms with E-state index in [0.29, 0.717) is 5.56 Å². The van der Waals surface area contributed by atoms with Crippen molar-refractivity contribution in [3.63, 3.8) is 0 Å². The molecule has 0 saturated heterocycles. The van der Waals surface area contributed by atoms with Crippen molar-refractivity contribution in [3.05, 3.63) is 35.4 Å². The quantitative estimate of drug-likeness (QED) is 0.637. The summed E-state index contributed by atoms with van der Waals surface area (Å²) >= 11 is 0. The number of rotatable bonds is 1. The van der Waals surface area contributed by atoms with E-state index in [-0.39, 0.29) is 11.0 Å². The number of benzene rings is 1. The zero-order valence-corrected chi connectivity index (χ0v) is 9.07. The number of hydrogen-bond acceptors (Lipinski definition) is 0. The largest absolute Gasteiger partial charge is 0.270 e. The molecule has 2 heteroatoms. The topological polar surface area (TPSA) is 0 Å². The van der Waals surface area contributed by atoms with Crippen molar-refractivity contribution in [1.29, 1.82) is 0 Å². The predicted octanol–water partition coefficient (Wildman–Crippen LogP) is 4.10. The van der Waals surface area contributed by atoms with Crippen molar-refractivity contribution < 1.29 is 8.78 Å². The van der Waals surface area contributed by atoms with Crippen LogP contribution >= 0.6 is 0 Å². The van der Waals surface area contributed by atoms with Gasteiger partial charge in [-0.25, -0.2) is 8.78 Å². The molecule has 0 radical (unpaired) electrons. The highest BCUT2D eigenvalue weighted by molar-refractivity contribution is 5.35. The summed E-state index contributed by atoms with van der Waals surface area (Å²) in [5.74, 6) is -2.76. The van der Waals surface area contributed by atoms with E-state index in [4.69, 9.17) is 0 Å². The minimum atomic E-state index is -2.76. The minimum absolute atomic E-state index is 0.132. The monoisotopic (exact) mass is 198 g/mol. The van der Waals surface area contributed by atoms with Crippen LogP contribution < -0.4 is 0 Å². The van der Waals surface area contributed by atoms with Gasteiger partial charge in [-0.1, -0.05) is 45.0 Å². The molecule has 1 rings (SSSR count). The molecule has 1 aromatic rings. The van der Waals surface area contributed by atoms with E-state index in [1.54, 1.807) is 18.2 Å². The minimum Gasteiger partial charge on any atom is -0.202 e. The Bertz CT molecular complexity index is 283. The second kappa shape index (κ2) is 3.34. The van der Waals surface area contributed by atoms with Gasteiger partial charge in [-0.2, -0.15) is 0 Å². The zero-order valence-electron chi connectivity index (χ0n) is 9.07. The molecule has 0 spiro atoms. The molecule has 78 valence electrons. The lowest BCUT2D eigenvalue weighted by Gasteiger charge is -2.25. The number of alkyl halides is 2. The van der Waals surface area contributed by atoms with Gasteiger partial charge >= 0.3 is 0 Å². The van der Waals surface area contributed by atoms with Crippen LogP contribution in [0.5, 0.6) is 0 Å². The average Bonchev–Trinajstić information content (AvgIpc) is 2.01. The molecule has 0 heterocycles. The van der Waals surface area contributed by atoms with Gasteiger partial charge in [-0.15, -0.1) is 0 Å². The van der Waals surface area contributed by atoms with Crippen LogP contribution in [0.3, 0.4) is 0 Å². The predicted molar refractivity (Wildman–Crippen MR) is 54.7 cm³/mol. The van der Waals surface area contributed by atoms with Crippen molar-refractivity contribution in [3.8, 4) is 0 Å². The fourth-order valence-electron chi connectivity index (χ4n) is 1.52. The Morgan fingerprint density at radius 3 is 1.57 bits per heavy atom. The Hall–Kier alpha value is -0.920. The van der Waals surface area contributed by atoms with Crippen molar-refractivity contribution in [1.82, 2.24) is 0 Å².